The van der Waals surface area contributed by atoms with Crippen molar-refractivity contribution in [3.05, 3.63) is 29.2 Å². The van der Waals surface area contributed by atoms with E-state index < -0.39 is 0 Å². The molecule has 0 aromatic carbocycles. The molecule has 2 aromatic rings. The van der Waals surface area contributed by atoms with Gasteiger partial charge in [-0.05, 0) is 33.1 Å². The molecule has 22 heavy (non-hydrogen) atoms. The van der Waals surface area contributed by atoms with Gasteiger partial charge in [-0.2, -0.15) is 4.98 Å². The molecular weight excluding hydrogens is 284 g/mol. The highest BCUT2D eigenvalue weighted by molar-refractivity contribution is 5.77. The molecule has 0 N–H and O–H groups in total. The fraction of sp³-hybridized carbons (Fsp3) is 0.600. The van der Waals surface area contributed by atoms with Crippen molar-refractivity contribution < 1.29 is 13.8 Å². The van der Waals surface area contributed by atoms with Crippen molar-refractivity contribution in [2.75, 3.05) is 6.54 Å². The fourth-order valence-corrected chi connectivity index (χ4v) is 2.89. The maximum atomic E-state index is 12.4. The molecule has 1 unspecified atom stereocenters. The lowest BCUT2D eigenvalue weighted by atomic mass is 10.1. The number of hydrogen-bond acceptors (Lipinski definition) is 6. The second kappa shape index (κ2) is 6.29. The molecule has 1 fully saturated rings. The number of rotatable bonds is 5. The van der Waals surface area contributed by atoms with Crippen molar-refractivity contribution in [1.82, 2.24) is 20.2 Å². The molecule has 0 bridgehead atoms. The standard InChI is InChI=1S/C15H20N4O3/c1-10-9-12(18-21-10)13-5-4-8-19(13)15(20)7-3-6-14-16-11(2)17-22-14/h9,13H,3-8H2,1-2H3. The lowest BCUT2D eigenvalue weighted by Gasteiger charge is -2.22. The third-order valence-corrected chi connectivity index (χ3v) is 3.91. The van der Waals surface area contributed by atoms with E-state index >= 15 is 0 Å². The first-order valence-electron chi connectivity index (χ1n) is 7.65. The van der Waals surface area contributed by atoms with Crippen molar-refractivity contribution in [2.45, 2.75) is 52.0 Å². The first-order valence-corrected chi connectivity index (χ1v) is 7.65. The molecule has 0 radical (unpaired) electrons. The van der Waals surface area contributed by atoms with Crippen LogP contribution in [0.1, 0.15) is 54.9 Å². The minimum atomic E-state index is 0.0515. The number of carbonyl (C=O) groups is 1. The molecule has 3 heterocycles. The van der Waals surface area contributed by atoms with Crippen LogP contribution in [0.4, 0.5) is 0 Å². The van der Waals surface area contributed by atoms with Crippen LogP contribution in [0.2, 0.25) is 0 Å². The average molecular weight is 304 g/mol. The number of aromatic nitrogens is 3. The smallest absolute Gasteiger partial charge is 0.226 e. The maximum Gasteiger partial charge on any atom is 0.226 e. The van der Waals surface area contributed by atoms with Crippen molar-refractivity contribution in [3.63, 3.8) is 0 Å². The van der Waals surface area contributed by atoms with Gasteiger partial charge in [0.25, 0.3) is 0 Å². The summed E-state index contributed by atoms with van der Waals surface area (Å²) >= 11 is 0. The second-order valence-electron chi connectivity index (χ2n) is 5.70. The number of nitrogens with zero attached hydrogens (tertiary/aromatic N) is 4. The van der Waals surface area contributed by atoms with Gasteiger partial charge in [0.2, 0.25) is 11.8 Å². The van der Waals surface area contributed by atoms with E-state index in [2.05, 4.69) is 15.3 Å². The fourth-order valence-electron chi connectivity index (χ4n) is 2.89. The van der Waals surface area contributed by atoms with Crippen LogP contribution in [0, 0.1) is 13.8 Å². The molecule has 1 aliphatic heterocycles. The Morgan fingerprint density at radius 3 is 2.91 bits per heavy atom. The van der Waals surface area contributed by atoms with Crippen LogP contribution < -0.4 is 0 Å². The number of hydrogen-bond donors (Lipinski definition) is 0. The molecule has 1 aliphatic rings. The zero-order valence-corrected chi connectivity index (χ0v) is 12.9. The van der Waals surface area contributed by atoms with Gasteiger partial charge in [-0.15, -0.1) is 0 Å². The van der Waals surface area contributed by atoms with Crippen LogP contribution in [0.25, 0.3) is 0 Å². The molecule has 7 nitrogen and oxygen atoms in total. The summed E-state index contributed by atoms with van der Waals surface area (Å²) in [6.07, 6.45) is 3.77. The molecule has 0 spiro atoms. The average Bonchev–Trinajstić information content (AvgIpc) is 3.19. The Hall–Kier alpha value is -2.18. The Bertz CT molecular complexity index is 649. The summed E-state index contributed by atoms with van der Waals surface area (Å²) in [5, 5.41) is 7.80. The van der Waals surface area contributed by atoms with E-state index in [-0.39, 0.29) is 11.9 Å². The van der Waals surface area contributed by atoms with Gasteiger partial charge in [0.15, 0.2) is 5.82 Å². The Kier molecular flexibility index (Phi) is 4.22. The highest BCUT2D eigenvalue weighted by Crippen LogP contribution is 2.32. The van der Waals surface area contributed by atoms with E-state index in [1.54, 1.807) is 6.92 Å². The summed E-state index contributed by atoms with van der Waals surface area (Å²) in [6.45, 7) is 4.44. The molecule has 1 atom stereocenters. The normalized spacial score (nSPS) is 18.1. The molecule has 7 heteroatoms. The molecule has 3 rings (SSSR count). The highest BCUT2D eigenvalue weighted by Gasteiger charge is 2.31. The van der Waals surface area contributed by atoms with Gasteiger partial charge in [0.05, 0.1) is 6.04 Å². The second-order valence-corrected chi connectivity index (χ2v) is 5.70. The van der Waals surface area contributed by atoms with Crippen molar-refractivity contribution in [2.24, 2.45) is 0 Å². The molecule has 1 amide bonds. The van der Waals surface area contributed by atoms with Gasteiger partial charge in [-0.3, -0.25) is 4.79 Å². The van der Waals surface area contributed by atoms with Gasteiger partial charge >= 0.3 is 0 Å². The van der Waals surface area contributed by atoms with Crippen LogP contribution in [0.5, 0.6) is 0 Å². The summed E-state index contributed by atoms with van der Waals surface area (Å²) in [6, 6.07) is 1.97. The van der Waals surface area contributed by atoms with E-state index in [0.29, 0.717) is 31.0 Å². The molecule has 0 saturated carbocycles. The number of carbonyl (C=O) groups excluding carboxylic acids is 1. The molecule has 1 saturated heterocycles. The lowest BCUT2D eigenvalue weighted by molar-refractivity contribution is -0.132. The summed E-state index contributed by atoms with van der Waals surface area (Å²) in [7, 11) is 0. The molecule has 0 aliphatic carbocycles. The predicted octanol–water partition coefficient (Wildman–Crippen LogP) is 2.36. The van der Waals surface area contributed by atoms with Gasteiger partial charge in [-0.25, -0.2) is 0 Å². The molecular formula is C15H20N4O3. The summed E-state index contributed by atoms with van der Waals surface area (Å²) in [4.78, 5) is 18.5. The summed E-state index contributed by atoms with van der Waals surface area (Å²) in [5.41, 5.74) is 0.857. The van der Waals surface area contributed by atoms with Crippen LogP contribution in [-0.2, 0) is 11.2 Å². The lowest BCUT2D eigenvalue weighted by Crippen LogP contribution is -2.30. The van der Waals surface area contributed by atoms with E-state index in [0.717, 1.165) is 30.8 Å². The zero-order valence-electron chi connectivity index (χ0n) is 12.9. The van der Waals surface area contributed by atoms with Gasteiger partial charge < -0.3 is 13.9 Å². The van der Waals surface area contributed by atoms with Crippen molar-refractivity contribution in [3.8, 4) is 0 Å². The molecule has 2 aromatic heterocycles. The number of amides is 1. The van der Waals surface area contributed by atoms with Crippen LogP contribution >= 0.6 is 0 Å². The maximum absolute atomic E-state index is 12.4. The van der Waals surface area contributed by atoms with Crippen molar-refractivity contribution in [1.29, 1.82) is 0 Å². The predicted molar refractivity (Wildman–Crippen MR) is 76.9 cm³/mol. The number of likely N-dealkylation sites (tertiary alicyclic amines) is 1. The van der Waals surface area contributed by atoms with E-state index in [1.807, 2.05) is 17.9 Å². The largest absolute Gasteiger partial charge is 0.361 e. The van der Waals surface area contributed by atoms with Gasteiger partial charge in [0.1, 0.15) is 11.5 Å². The van der Waals surface area contributed by atoms with Crippen LogP contribution in [0.15, 0.2) is 15.1 Å². The summed E-state index contributed by atoms with van der Waals surface area (Å²) in [5.74, 6) is 2.15. The van der Waals surface area contributed by atoms with E-state index in [1.165, 1.54) is 0 Å². The monoisotopic (exact) mass is 304 g/mol. The van der Waals surface area contributed by atoms with Crippen LogP contribution in [-0.4, -0.2) is 32.6 Å². The topological polar surface area (TPSA) is 85.3 Å². The minimum absolute atomic E-state index is 0.0515. The molecule has 118 valence electrons. The Balaban J connectivity index is 1.54. The minimum Gasteiger partial charge on any atom is -0.361 e. The van der Waals surface area contributed by atoms with E-state index in [9.17, 15) is 4.79 Å². The van der Waals surface area contributed by atoms with Gasteiger partial charge in [0, 0.05) is 25.5 Å². The first kappa shape index (κ1) is 14.7. The van der Waals surface area contributed by atoms with E-state index in [4.69, 9.17) is 9.05 Å². The van der Waals surface area contributed by atoms with Crippen LogP contribution in [0.3, 0.4) is 0 Å². The third-order valence-electron chi connectivity index (χ3n) is 3.91. The SMILES string of the molecule is Cc1noc(CCCC(=O)N2CCCC2c2cc(C)on2)n1. The first-order chi connectivity index (χ1) is 10.6. The number of aryl methyl sites for hydroxylation is 3. The Morgan fingerprint density at radius 2 is 2.23 bits per heavy atom. The Labute approximate surface area is 128 Å². The summed E-state index contributed by atoms with van der Waals surface area (Å²) < 4.78 is 10.2. The van der Waals surface area contributed by atoms with Gasteiger partial charge in [-0.1, -0.05) is 10.3 Å². The third kappa shape index (κ3) is 3.18. The highest BCUT2D eigenvalue weighted by atomic mass is 16.5. The zero-order chi connectivity index (χ0) is 15.5. The Morgan fingerprint density at radius 1 is 1.36 bits per heavy atom. The van der Waals surface area contributed by atoms with Crippen molar-refractivity contribution >= 4 is 5.91 Å². The quantitative estimate of drug-likeness (QED) is 0.843.